The first-order valence-electron chi connectivity index (χ1n) is 8.38. The van der Waals surface area contributed by atoms with Crippen LogP contribution in [0.1, 0.15) is 22.6 Å². The summed E-state index contributed by atoms with van der Waals surface area (Å²) < 4.78 is 6.16. The molecule has 0 bridgehead atoms. The highest BCUT2D eigenvalue weighted by Gasteiger charge is 2.10. The second-order valence-corrected chi connectivity index (χ2v) is 7.28. The number of carbonyl (C=O) groups excluding carboxylic acids is 2. The van der Waals surface area contributed by atoms with Gasteiger partial charge in [-0.15, -0.1) is 11.3 Å². The normalized spacial score (nSPS) is 10.7. The number of esters is 1. The summed E-state index contributed by atoms with van der Waals surface area (Å²) in [6.45, 7) is 3.64. The van der Waals surface area contributed by atoms with Crippen LogP contribution in [0.3, 0.4) is 0 Å². The number of carbonyl (C=O) groups is 2. The summed E-state index contributed by atoms with van der Waals surface area (Å²) in [6.07, 6.45) is 0.716. The van der Waals surface area contributed by atoms with Crippen molar-refractivity contribution in [3.05, 3.63) is 58.6 Å². The number of para-hydroxylation sites is 1. The largest absolute Gasteiger partial charge is 0.456 e. The number of rotatable bonds is 6. The lowest BCUT2D eigenvalue weighted by Crippen LogP contribution is -2.21. The van der Waals surface area contributed by atoms with Crippen LogP contribution < -0.4 is 5.32 Å². The molecule has 0 aliphatic heterocycles. The van der Waals surface area contributed by atoms with E-state index < -0.39 is 5.97 Å². The van der Waals surface area contributed by atoms with Gasteiger partial charge in [0.1, 0.15) is 0 Å². The van der Waals surface area contributed by atoms with Crippen molar-refractivity contribution in [1.29, 1.82) is 0 Å². The van der Waals surface area contributed by atoms with Gasteiger partial charge in [0.15, 0.2) is 6.61 Å². The van der Waals surface area contributed by atoms with Gasteiger partial charge in [0.25, 0.3) is 5.91 Å². The molecule has 0 saturated carbocycles. The molecule has 1 amide bonds. The van der Waals surface area contributed by atoms with Crippen molar-refractivity contribution in [2.45, 2.75) is 26.7 Å². The van der Waals surface area contributed by atoms with Crippen LogP contribution in [0.25, 0.3) is 10.2 Å². The lowest BCUT2D eigenvalue weighted by molar-refractivity contribution is -0.147. The van der Waals surface area contributed by atoms with E-state index in [4.69, 9.17) is 4.74 Å². The molecule has 3 rings (SSSR count). The number of aryl methyl sites for hydroxylation is 3. The Kier molecular flexibility index (Phi) is 5.63. The molecule has 3 aromatic rings. The molecule has 0 saturated heterocycles. The molecule has 0 spiro atoms. The topological polar surface area (TPSA) is 68.3 Å². The van der Waals surface area contributed by atoms with Gasteiger partial charge in [-0.2, -0.15) is 0 Å². The van der Waals surface area contributed by atoms with E-state index in [-0.39, 0.29) is 18.9 Å². The molecule has 6 heteroatoms. The van der Waals surface area contributed by atoms with Crippen molar-refractivity contribution in [1.82, 2.24) is 4.98 Å². The summed E-state index contributed by atoms with van der Waals surface area (Å²) >= 11 is 1.57. The summed E-state index contributed by atoms with van der Waals surface area (Å²) in [4.78, 5) is 28.3. The molecule has 1 N–H and O–H groups in total. The molecule has 0 fully saturated rings. The van der Waals surface area contributed by atoms with Crippen molar-refractivity contribution < 1.29 is 14.3 Å². The second kappa shape index (κ2) is 8.10. The van der Waals surface area contributed by atoms with E-state index in [1.165, 1.54) is 0 Å². The summed E-state index contributed by atoms with van der Waals surface area (Å²) in [5, 5.41) is 3.64. The van der Waals surface area contributed by atoms with E-state index in [1.807, 2.05) is 56.3 Å². The molecule has 1 aromatic heterocycles. The highest BCUT2D eigenvalue weighted by atomic mass is 32.1. The first-order valence-corrected chi connectivity index (χ1v) is 9.19. The predicted octanol–water partition coefficient (Wildman–Crippen LogP) is 4.03. The lowest BCUT2D eigenvalue weighted by Gasteiger charge is -2.08. The Balaban J connectivity index is 1.45. The molecule has 0 unspecified atom stereocenters. The fraction of sp³-hybridized carbons (Fsp3) is 0.250. The van der Waals surface area contributed by atoms with Gasteiger partial charge in [0.05, 0.1) is 21.6 Å². The van der Waals surface area contributed by atoms with Crippen LogP contribution in [-0.2, 0) is 20.7 Å². The van der Waals surface area contributed by atoms with E-state index in [2.05, 4.69) is 10.3 Å². The highest BCUT2D eigenvalue weighted by molar-refractivity contribution is 7.18. The van der Waals surface area contributed by atoms with Crippen molar-refractivity contribution in [3.8, 4) is 0 Å². The van der Waals surface area contributed by atoms with Gasteiger partial charge in [0, 0.05) is 12.1 Å². The second-order valence-electron chi connectivity index (χ2n) is 6.16. The van der Waals surface area contributed by atoms with Crippen LogP contribution in [0.15, 0.2) is 42.5 Å². The number of benzene rings is 2. The van der Waals surface area contributed by atoms with Gasteiger partial charge in [-0.25, -0.2) is 4.98 Å². The minimum absolute atomic E-state index is 0.205. The molecule has 1 heterocycles. The molecular weight excluding hydrogens is 348 g/mol. The first kappa shape index (κ1) is 18.1. The van der Waals surface area contributed by atoms with Gasteiger partial charge in [-0.3, -0.25) is 9.59 Å². The number of amides is 1. The number of aromatic nitrogens is 1. The summed E-state index contributed by atoms with van der Waals surface area (Å²) in [6, 6.07) is 13.6. The molecule has 0 radical (unpaired) electrons. The van der Waals surface area contributed by atoms with Crippen molar-refractivity contribution in [3.63, 3.8) is 0 Å². The van der Waals surface area contributed by atoms with Gasteiger partial charge in [0.2, 0.25) is 0 Å². The third kappa shape index (κ3) is 4.89. The first-order chi connectivity index (χ1) is 12.5. The molecular formula is C20H20N2O3S. The van der Waals surface area contributed by atoms with Crippen LogP contribution in [0.5, 0.6) is 0 Å². The number of nitrogens with one attached hydrogen (secondary N) is 1. The Bertz CT molecular complexity index is 896. The van der Waals surface area contributed by atoms with Crippen molar-refractivity contribution in [2.75, 3.05) is 11.9 Å². The third-order valence-corrected chi connectivity index (χ3v) is 4.85. The minimum atomic E-state index is -0.403. The number of anilines is 1. The van der Waals surface area contributed by atoms with E-state index in [1.54, 1.807) is 11.3 Å². The quantitative estimate of drug-likeness (QED) is 0.667. The van der Waals surface area contributed by atoms with Gasteiger partial charge < -0.3 is 10.1 Å². The zero-order chi connectivity index (χ0) is 18.5. The zero-order valence-electron chi connectivity index (χ0n) is 14.7. The average molecular weight is 368 g/mol. The van der Waals surface area contributed by atoms with Gasteiger partial charge in [-0.1, -0.05) is 18.2 Å². The third-order valence-electron chi connectivity index (χ3n) is 3.75. The van der Waals surface area contributed by atoms with E-state index >= 15 is 0 Å². The Labute approximate surface area is 156 Å². The zero-order valence-corrected chi connectivity index (χ0v) is 15.6. The summed E-state index contributed by atoms with van der Waals surface area (Å²) in [5.41, 5.74) is 3.77. The van der Waals surface area contributed by atoms with Crippen LogP contribution >= 0.6 is 11.3 Å². The van der Waals surface area contributed by atoms with Crippen LogP contribution in [0.4, 0.5) is 5.69 Å². The average Bonchev–Trinajstić information content (AvgIpc) is 3.00. The van der Waals surface area contributed by atoms with Crippen molar-refractivity contribution in [2.24, 2.45) is 0 Å². The number of hydrogen-bond donors (Lipinski definition) is 1. The highest BCUT2D eigenvalue weighted by Crippen LogP contribution is 2.22. The fourth-order valence-corrected chi connectivity index (χ4v) is 3.66. The van der Waals surface area contributed by atoms with E-state index in [0.29, 0.717) is 12.1 Å². The van der Waals surface area contributed by atoms with Crippen LogP contribution in [0, 0.1) is 13.8 Å². The smallest absolute Gasteiger partial charge is 0.306 e. The molecule has 134 valence electrons. The number of thiazole rings is 1. The Hall–Kier alpha value is -2.73. The Morgan fingerprint density at radius 2 is 1.85 bits per heavy atom. The summed E-state index contributed by atoms with van der Waals surface area (Å²) in [5.74, 6) is -0.747. The van der Waals surface area contributed by atoms with Gasteiger partial charge >= 0.3 is 5.97 Å². The lowest BCUT2D eigenvalue weighted by atomic mass is 10.1. The number of ether oxygens (including phenoxy) is 1. The Morgan fingerprint density at radius 3 is 2.58 bits per heavy atom. The SMILES string of the molecule is Cc1cc(C)cc(NC(=O)COC(=O)CCc2nc3ccccc3s2)c1. The van der Waals surface area contributed by atoms with Crippen LogP contribution in [-0.4, -0.2) is 23.5 Å². The predicted molar refractivity (Wildman–Crippen MR) is 103 cm³/mol. The molecule has 0 aliphatic rings. The van der Waals surface area contributed by atoms with E-state index in [0.717, 1.165) is 26.4 Å². The number of fused-ring (bicyclic) bond motifs is 1. The molecule has 5 nitrogen and oxygen atoms in total. The standard InChI is InChI=1S/C20H20N2O3S/c1-13-9-14(2)11-15(10-13)21-18(23)12-25-20(24)8-7-19-22-16-5-3-4-6-17(16)26-19/h3-6,9-11H,7-8,12H2,1-2H3,(H,21,23). The number of hydrogen-bond acceptors (Lipinski definition) is 5. The monoisotopic (exact) mass is 368 g/mol. The maximum absolute atomic E-state index is 11.9. The fourth-order valence-electron chi connectivity index (χ4n) is 2.70. The molecule has 2 aromatic carbocycles. The van der Waals surface area contributed by atoms with Gasteiger partial charge in [-0.05, 0) is 49.2 Å². The maximum Gasteiger partial charge on any atom is 0.306 e. The maximum atomic E-state index is 11.9. The Morgan fingerprint density at radius 1 is 1.12 bits per heavy atom. The van der Waals surface area contributed by atoms with Crippen LogP contribution in [0.2, 0.25) is 0 Å². The van der Waals surface area contributed by atoms with E-state index in [9.17, 15) is 9.59 Å². The minimum Gasteiger partial charge on any atom is -0.456 e. The summed E-state index contributed by atoms with van der Waals surface area (Å²) in [7, 11) is 0. The molecule has 0 aliphatic carbocycles. The number of nitrogens with zero attached hydrogens (tertiary/aromatic N) is 1. The molecule has 26 heavy (non-hydrogen) atoms. The molecule has 0 atom stereocenters. The van der Waals surface area contributed by atoms with Crippen molar-refractivity contribution >= 4 is 39.1 Å².